The van der Waals surface area contributed by atoms with Crippen LogP contribution in [-0.2, 0) is 28.5 Å². The minimum atomic E-state index is -0.661. The lowest BCUT2D eigenvalue weighted by atomic mass is 10.1. The van der Waals surface area contributed by atoms with Crippen molar-refractivity contribution in [1.29, 1.82) is 0 Å². The number of thioether (sulfide) groups is 2. The molecule has 4 N–H and O–H groups in total. The summed E-state index contributed by atoms with van der Waals surface area (Å²) in [6, 6.07) is -1.32. The fourth-order valence-electron chi connectivity index (χ4n) is 2.83. The van der Waals surface area contributed by atoms with Gasteiger partial charge >= 0.3 is 11.9 Å². The van der Waals surface area contributed by atoms with E-state index in [0.29, 0.717) is 12.8 Å². The van der Waals surface area contributed by atoms with Gasteiger partial charge in [0.1, 0.15) is 24.3 Å². The maximum atomic E-state index is 12.1. The van der Waals surface area contributed by atoms with Crippen LogP contribution in [0.25, 0.3) is 0 Å². The molecule has 10 heteroatoms. The van der Waals surface area contributed by atoms with E-state index in [1.54, 1.807) is 23.5 Å². The van der Waals surface area contributed by atoms with E-state index in [0.717, 1.165) is 11.5 Å². The first-order chi connectivity index (χ1) is 12.5. The number of esters is 2. The van der Waals surface area contributed by atoms with Crippen LogP contribution in [0, 0.1) is 0 Å². The molecule has 0 aromatic carbocycles. The molecule has 2 fully saturated rings. The maximum absolute atomic E-state index is 12.1. The second kappa shape index (κ2) is 10.7. The Morgan fingerprint density at radius 2 is 1.31 bits per heavy atom. The number of ether oxygens (including phenoxy) is 4. The van der Waals surface area contributed by atoms with Gasteiger partial charge in [-0.1, -0.05) is 0 Å². The van der Waals surface area contributed by atoms with Crippen molar-refractivity contribution >= 4 is 35.5 Å². The number of hydrogen-bond acceptors (Lipinski definition) is 10. The second-order valence-corrected chi connectivity index (χ2v) is 8.29. The summed E-state index contributed by atoms with van der Waals surface area (Å²) in [5.41, 5.74) is 11.7. The summed E-state index contributed by atoms with van der Waals surface area (Å²) >= 11 is 3.24. The largest absolute Gasteiger partial charge is 0.456 e. The molecule has 150 valence electrons. The zero-order chi connectivity index (χ0) is 19.1. The molecule has 0 aliphatic carbocycles. The predicted molar refractivity (Wildman–Crippen MR) is 101 cm³/mol. The van der Waals surface area contributed by atoms with E-state index in [9.17, 15) is 9.59 Å². The zero-order valence-corrected chi connectivity index (χ0v) is 16.8. The molecular formula is C16H28N2O6S2. The molecule has 2 rings (SSSR count). The average Bonchev–Trinajstić information content (AvgIpc) is 3.21. The van der Waals surface area contributed by atoms with Crippen molar-refractivity contribution < 1.29 is 28.5 Å². The van der Waals surface area contributed by atoms with Crippen LogP contribution >= 0.6 is 23.5 Å². The maximum Gasteiger partial charge on any atom is 0.323 e. The average molecular weight is 409 g/mol. The van der Waals surface area contributed by atoms with Gasteiger partial charge in [0.25, 0.3) is 0 Å². The molecule has 8 nitrogen and oxygen atoms in total. The van der Waals surface area contributed by atoms with E-state index in [4.69, 9.17) is 30.4 Å². The summed E-state index contributed by atoms with van der Waals surface area (Å²) in [6.07, 6.45) is 3.03. The van der Waals surface area contributed by atoms with Crippen LogP contribution in [0.15, 0.2) is 0 Å². The molecule has 0 saturated carbocycles. The molecule has 0 aromatic heterocycles. The summed E-state index contributed by atoms with van der Waals surface area (Å²) in [4.78, 5) is 24.1. The summed E-state index contributed by atoms with van der Waals surface area (Å²) in [7, 11) is 0. The first kappa shape index (κ1) is 21.8. The van der Waals surface area contributed by atoms with Gasteiger partial charge in [0.05, 0.1) is 13.2 Å². The number of carbonyl (C=O) groups is 2. The molecule has 0 bridgehead atoms. The molecule has 2 saturated heterocycles. The lowest BCUT2D eigenvalue weighted by Crippen LogP contribution is -2.41. The highest BCUT2D eigenvalue weighted by Gasteiger charge is 2.51. The Balaban J connectivity index is 1.81. The molecule has 2 heterocycles. The third-order valence-corrected chi connectivity index (χ3v) is 5.66. The highest BCUT2D eigenvalue weighted by atomic mass is 32.2. The minimum absolute atomic E-state index is 0.197. The van der Waals surface area contributed by atoms with Gasteiger partial charge in [-0.3, -0.25) is 9.59 Å². The number of rotatable bonds is 10. The molecule has 0 amide bonds. The molecule has 26 heavy (non-hydrogen) atoms. The predicted octanol–water partition coefficient (Wildman–Crippen LogP) is -0.232. The summed E-state index contributed by atoms with van der Waals surface area (Å²) < 4.78 is 22.2. The fourth-order valence-corrected chi connectivity index (χ4v) is 3.81. The van der Waals surface area contributed by atoms with Crippen LogP contribution in [0.3, 0.4) is 0 Å². The van der Waals surface area contributed by atoms with Crippen LogP contribution in [0.1, 0.15) is 12.8 Å². The third-order valence-electron chi connectivity index (χ3n) is 4.37. The molecule has 6 atom stereocenters. The standard InChI is InChI=1S/C16H28N2O6S2/c1-25-5-3-9(17)15(19)23-11-7-21-14-12(8-22-13(11)14)24-16(20)10(18)4-6-26-2/h9-14H,3-8,17-18H2,1-2H3/t9-,10-,11+,12+,13?,14?/m0/s1. The van der Waals surface area contributed by atoms with Crippen molar-refractivity contribution in [3.05, 3.63) is 0 Å². The molecular weight excluding hydrogens is 380 g/mol. The SMILES string of the molecule is CSCC[C@H](N)C(=O)O[C@@H]1COC2C1OC[C@H]2OC(=O)[C@@H](N)CCSC. The lowest BCUT2D eigenvalue weighted by molar-refractivity contribution is -0.157. The van der Waals surface area contributed by atoms with Crippen molar-refractivity contribution in [2.24, 2.45) is 11.5 Å². The normalized spacial score (nSPS) is 29.8. The van der Waals surface area contributed by atoms with E-state index in [1.165, 1.54) is 0 Å². The number of hydrogen-bond donors (Lipinski definition) is 2. The summed E-state index contributed by atoms with van der Waals surface area (Å²) in [5.74, 6) is 0.650. The van der Waals surface area contributed by atoms with E-state index < -0.39 is 48.4 Å². The Morgan fingerprint density at radius 1 is 0.923 bits per heavy atom. The van der Waals surface area contributed by atoms with Crippen molar-refractivity contribution in [2.45, 2.75) is 49.3 Å². The zero-order valence-electron chi connectivity index (χ0n) is 15.1. The Morgan fingerprint density at radius 3 is 1.65 bits per heavy atom. The van der Waals surface area contributed by atoms with Gasteiger partial charge in [-0.2, -0.15) is 23.5 Å². The van der Waals surface area contributed by atoms with Crippen molar-refractivity contribution in [2.75, 3.05) is 37.2 Å². The van der Waals surface area contributed by atoms with Gasteiger partial charge in [0, 0.05) is 0 Å². The molecule has 2 aliphatic rings. The smallest absolute Gasteiger partial charge is 0.323 e. The van der Waals surface area contributed by atoms with Crippen molar-refractivity contribution in [3.63, 3.8) is 0 Å². The van der Waals surface area contributed by atoms with E-state index >= 15 is 0 Å². The van der Waals surface area contributed by atoms with Gasteiger partial charge < -0.3 is 30.4 Å². The van der Waals surface area contributed by atoms with Gasteiger partial charge in [0.15, 0.2) is 12.2 Å². The highest BCUT2D eigenvalue weighted by Crippen LogP contribution is 2.31. The Kier molecular flexibility index (Phi) is 8.98. The van der Waals surface area contributed by atoms with Crippen molar-refractivity contribution in [1.82, 2.24) is 0 Å². The van der Waals surface area contributed by atoms with E-state index in [2.05, 4.69) is 0 Å². The molecule has 2 aliphatic heterocycles. The quantitative estimate of drug-likeness (QED) is 0.468. The summed E-state index contributed by atoms with van der Waals surface area (Å²) in [6.45, 7) is 0.395. The van der Waals surface area contributed by atoms with Crippen LogP contribution in [0.2, 0.25) is 0 Å². The van der Waals surface area contributed by atoms with Crippen LogP contribution in [0.5, 0.6) is 0 Å². The second-order valence-electron chi connectivity index (χ2n) is 6.32. The van der Waals surface area contributed by atoms with Gasteiger partial charge in [-0.15, -0.1) is 0 Å². The minimum Gasteiger partial charge on any atom is -0.456 e. The molecule has 2 unspecified atom stereocenters. The molecule has 0 spiro atoms. The van der Waals surface area contributed by atoms with Gasteiger partial charge in [0.2, 0.25) is 0 Å². The Bertz CT molecular complexity index is 442. The third kappa shape index (κ3) is 5.74. The summed E-state index contributed by atoms with van der Waals surface area (Å²) in [5, 5.41) is 0. The first-order valence-electron chi connectivity index (χ1n) is 8.61. The monoisotopic (exact) mass is 408 g/mol. The topological polar surface area (TPSA) is 123 Å². The number of carbonyl (C=O) groups excluding carboxylic acids is 2. The number of nitrogens with two attached hydrogens (primary N) is 2. The Hall–Kier alpha value is -0.520. The van der Waals surface area contributed by atoms with Crippen LogP contribution in [-0.4, -0.2) is 85.7 Å². The van der Waals surface area contributed by atoms with E-state index in [-0.39, 0.29) is 13.2 Å². The van der Waals surface area contributed by atoms with Crippen molar-refractivity contribution in [3.8, 4) is 0 Å². The highest BCUT2D eigenvalue weighted by molar-refractivity contribution is 7.98. The van der Waals surface area contributed by atoms with Gasteiger partial charge in [-0.05, 0) is 36.9 Å². The van der Waals surface area contributed by atoms with E-state index in [1.807, 2.05) is 12.5 Å². The molecule has 0 aromatic rings. The first-order valence-corrected chi connectivity index (χ1v) is 11.4. The van der Waals surface area contributed by atoms with Gasteiger partial charge in [-0.25, -0.2) is 0 Å². The van der Waals surface area contributed by atoms with Crippen LogP contribution in [0.4, 0.5) is 0 Å². The number of fused-ring (bicyclic) bond motifs is 1. The fraction of sp³-hybridized carbons (Fsp3) is 0.875. The molecule has 0 radical (unpaired) electrons. The van der Waals surface area contributed by atoms with Crippen LogP contribution < -0.4 is 11.5 Å². The lowest BCUT2D eigenvalue weighted by Gasteiger charge is -2.19. The Labute approximate surface area is 162 Å².